The van der Waals surface area contributed by atoms with Gasteiger partial charge in [0.2, 0.25) is 0 Å². The predicted octanol–water partition coefficient (Wildman–Crippen LogP) is 4.10. The molecular formula is C14H25NS. The second-order valence-electron chi connectivity index (χ2n) is 5.48. The minimum atomic E-state index is 0.394. The maximum atomic E-state index is 3.57. The van der Waals surface area contributed by atoms with Gasteiger partial charge in [0, 0.05) is 10.9 Å². The fourth-order valence-corrected chi connectivity index (χ4v) is 3.21. The molecule has 2 heteroatoms. The Morgan fingerprint density at radius 1 is 1.44 bits per heavy atom. The third-order valence-electron chi connectivity index (χ3n) is 2.83. The number of nitrogens with one attached hydrogen (secondary N) is 1. The predicted molar refractivity (Wildman–Crippen MR) is 74.2 cm³/mol. The molecule has 1 aromatic heterocycles. The number of hydrogen-bond donors (Lipinski definition) is 1. The summed E-state index contributed by atoms with van der Waals surface area (Å²) >= 11 is 1.87. The Hall–Kier alpha value is -0.340. The fourth-order valence-electron chi connectivity index (χ4n) is 2.25. The summed E-state index contributed by atoms with van der Waals surface area (Å²) in [7, 11) is 0. The average molecular weight is 239 g/mol. The van der Waals surface area contributed by atoms with Crippen LogP contribution in [0.1, 0.15) is 45.4 Å². The largest absolute Gasteiger partial charge is 0.314 e. The third kappa shape index (κ3) is 5.13. The molecular weight excluding hydrogens is 214 g/mol. The van der Waals surface area contributed by atoms with E-state index in [2.05, 4.69) is 50.5 Å². The van der Waals surface area contributed by atoms with Crippen molar-refractivity contribution >= 4 is 11.3 Å². The molecule has 1 heterocycles. The molecule has 0 aliphatic heterocycles. The zero-order valence-electron chi connectivity index (χ0n) is 11.0. The second-order valence-corrected chi connectivity index (χ2v) is 6.51. The van der Waals surface area contributed by atoms with Gasteiger partial charge in [-0.15, -0.1) is 11.3 Å². The zero-order chi connectivity index (χ0) is 12.0. The van der Waals surface area contributed by atoms with E-state index in [4.69, 9.17) is 0 Å². The molecule has 1 nitrogen and oxygen atoms in total. The lowest BCUT2D eigenvalue weighted by atomic mass is 9.82. The lowest BCUT2D eigenvalue weighted by molar-refractivity contribution is 0.289. The molecule has 92 valence electrons. The van der Waals surface area contributed by atoms with Crippen LogP contribution in [0.15, 0.2) is 17.5 Å². The molecule has 0 amide bonds. The molecule has 1 N–H and O–H groups in total. The first-order valence-corrected chi connectivity index (χ1v) is 7.17. The molecule has 0 radical (unpaired) electrons. The minimum absolute atomic E-state index is 0.394. The maximum Gasteiger partial charge on any atom is 0.00505 e. The quantitative estimate of drug-likeness (QED) is 0.755. The van der Waals surface area contributed by atoms with Crippen LogP contribution in [0, 0.1) is 5.41 Å². The van der Waals surface area contributed by atoms with Crippen LogP contribution in [0.25, 0.3) is 0 Å². The van der Waals surface area contributed by atoms with Crippen LogP contribution in [0.4, 0.5) is 0 Å². The lowest BCUT2D eigenvalue weighted by Crippen LogP contribution is -2.32. The van der Waals surface area contributed by atoms with Crippen molar-refractivity contribution in [3.05, 3.63) is 22.4 Å². The van der Waals surface area contributed by atoms with E-state index in [-0.39, 0.29) is 0 Å². The Morgan fingerprint density at radius 2 is 2.19 bits per heavy atom. The molecule has 0 aliphatic carbocycles. The first-order valence-electron chi connectivity index (χ1n) is 6.29. The smallest absolute Gasteiger partial charge is 0.00505 e. The molecule has 0 aromatic carbocycles. The van der Waals surface area contributed by atoms with Crippen molar-refractivity contribution in [3.8, 4) is 0 Å². The normalized spacial score (nSPS) is 14.0. The molecule has 0 spiro atoms. The molecule has 0 saturated heterocycles. The summed E-state index contributed by atoms with van der Waals surface area (Å²) in [5.74, 6) is 0. The summed E-state index contributed by atoms with van der Waals surface area (Å²) in [6, 6.07) is 5.01. The van der Waals surface area contributed by atoms with Crippen LogP contribution >= 0.6 is 11.3 Å². The highest BCUT2D eigenvalue weighted by molar-refractivity contribution is 7.09. The van der Waals surface area contributed by atoms with Gasteiger partial charge in [-0.25, -0.2) is 0 Å². The van der Waals surface area contributed by atoms with Crippen molar-refractivity contribution in [2.75, 3.05) is 6.54 Å². The highest BCUT2D eigenvalue weighted by atomic mass is 32.1. The van der Waals surface area contributed by atoms with Crippen molar-refractivity contribution < 1.29 is 0 Å². The van der Waals surface area contributed by atoms with Crippen molar-refractivity contribution in [2.24, 2.45) is 5.41 Å². The Kier molecular flexibility index (Phi) is 5.50. The molecule has 1 atom stereocenters. The first kappa shape index (κ1) is 13.7. The summed E-state index contributed by atoms with van der Waals surface area (Å²) in [5.41, 5.74) is 0.394. The van der Waals surface area contributed by atoms with Crippen molar-refractivity contribution in [1.82, 2.24) is 5.32 Å². The molecule has 1 unspecified atom stereocenters. The third-order valence-corrected chi connectivity index (χ3v) is 3.71. The molecule has 0 aliphatic rings. The zero-order valence-corrected chi connectivity index (χ0v) is 11.9. The summed E-state index contributed by atoms with van der Waals surface area (Å²) in [6.45, 7) is 10.4. The molecule has 1 rings (SSSR count). The number of thiophene rings is 1. The van der Waals surface area contributed by atoms with Crippen molar-refractivity contribution in [2.45, 2.75) is 53.0 Å². The van der Waals surface area contributed by atoms with Gasteiger partial charge >= 0.3 is 0 Å². The van der Waals surface area contributed by atoms with Crippen molar-refractivity contribution in [3.63, 3.8) is 0 Å². The number of rotatable bonds is 7. The molecule has 0 bridgehead atoms. The van der Waals surface area contributed by atoms with E-state index in [1.807, 2.05) is 11.3 Å². The number of hydrogen-bond acceptors (Lipinski definition) is 2. The first-order chi connectivity index (χ1) is 7.53. The lowest BCUT2D eigenvalue weighted by Gasteiger charge is -2.28. The molecule has 16 heavy (non-hydrogen) atoms. The Bertz CT molecular complexity index is 277. The van der Waals surface area contributed by atoms with Gasteiger partial charge in [0.1, 0.15) is 0 Å². The fraction of sp³-hybridized carbons (Fsp3) is 0.714. The van der Waals surface area contributed by atoms with Gasteiger partial charge < -0.3 is 5.32 Å². The van der Waals surface area contributed by atoms with E-state index in [9.17, 15) is 0 Å². The standard InChI is InChI=1S/C14H25NS/c1-5-8-15-12(2)10-14(3,4)11-13-7-6-9-16-13/h6-7,9,12,15H,5,8,10-11H2,1-4H3. The van der Waals surface area contributed by atoms with Crippen LogP contribution in [0.3, 0.4) is 0 Å². The van der Waals surface area contributed by atoms with Gasteiger partial charge in [-0.3, -0.25) is 0 Å². The molecule has 0 fully saturated rings. The van der Waals surface area contributed by atoms with Crippen LogP contribution in [-0.4, -0.2) is 12.6 Å². The van der Waals surface area contributed by atoms with Gasteiger partial charge in [-0.2, -0.15) is 0 Å². The summed E-state index contributed by atoms with van der Waals surface area (Å²) < 4.78 is 0. The monoisotopic (exact) mass is 239 g/mol. The van der Waals surface area contributed by atoms with E-state index in [0.29, 0.717) is 11.5 Å². The maximum absolute atomic E-state index is 3.57. The summed E-state index contributed by atoms with van der Waals surface area (Å²) in [4.78, 5) is 1.51. The van der Waals surface area contributed by atoms with E-state index < -0.39 is 0 Å². The van der Waals surface area contributed by atoms with Gasteiger partial charge in [-0.05, 0) is 49.6 Å². The Morgan fingerprint density at radius 3 is 2.75 bits per heavy atom. The molecule has 1 aromatic rings. The highest BCUT2D eigenvalue weighted by Gasteiger charge is 2.21. The van der Waals surface area contributed by atoms with Gasteiger partial charge in [0.15, 0.2) is 0 Å². The minimum Gasteiger partial charge on any atom is -0.314 e. The van der Waals surface area contributed by atoms with Crippen LogP contribution in [0.2, 0.25) is 0 Å². The van der Waals surface area contributed by atoms with E-state index >= 15 is 0 Å². The van der Waals surface area contributed by atoms with E-state index in [1.54, 1.807) is 0 Å². The van der Waals surface area contributed by atoms with Crippen LogP contribution in [0.5, 0.6) is 0 Å². The SMILES string of the molecule is CCCNC(C)CC(C)(C)Cc1cccs1. The molecule has 0 saturated carbocycles. The topological polar surface area (TPSA) is 12.0 Å². The average Bonchev–Trinajstić information content (AvgIpc) is 2.65. The highest BCUT2D eigenvalue weighted by Crippen LogP contribution is 2.29. The van der Waals surface area contributed by atoms with Gasteiger partial charge in [-0.1, -0.05) is 26.8 Å². The van der Waals surface area contributed by atoms with Crippen molar-refractivity contribution in [1.29, 1.82) is 0 Å². The van der Waals surface area contributed by atoms with E-state index in [0.717, 1.165) is 6.54 Å². The Labute approximate surface area is 104 Å². The Balaban J connectivity index is 2.38. The van der Waals surface area contributed by atoms with Crippen LogP contribution in [-0.2, 0) is 6.42 Å². The summed E-state index contributed by atoms with van der Waals surface area (Å²) in [6.07, 6.45) is 3.66. The summed E-state index contributed by atoms with van der Waals surface area (Å²) in [5, 5.41) is 5.74. The van der Waals surface area contributed by atoms with Gasteiger partial charge in [0.05, 0.1) is 0 Å². The van der Waals surface area contributed by atoms with Crippen LogP contribution < -0.4 is 5.32 Å². The van der Waals surface area contributed by atoms with Gasteiger partial charge in [0.25, 0.3) is 0 Å². The van der Waals surface area contributed by atoms with E-state index in [1.165, 1.54) is 24.1 Å². The second kappa shape index (κ2) is 6.41.